The summed E-state index contributed by atoms with van der Waals surface area (Å²) in [4.78, 5) is 15.2. The summed E-state index contributed by atoms with van der Waals surface area (Å²) in [5.41, 5.74) is 5.81. The molecule has 1 aromatic heterocycles. The molecule has 1 saturated heterocycles. The molecule has 6 nitrogen and oxygen atoms in total. The second-order valence-electron chi connectivity index (χ2n) is 8.74. The Kier molecular flexibility index (Phi) is 6.49. The van der Waals surface area contributed by atoms with Gasteiger partial charge in [-0.15, -0.1) is 10.2 Å². The second kappa shape index (κ2) is 10.0. The molecule has 4 aromatic rings. The van der Waals surface area contributed by atoms with Gasteiger partial charge in [-0.3, -0.25) is 9.69 Å². The molecule has 6 heteroatoms. The van der Waals surface area contributed by atoms with Gasteiger partial charge in [0.25, 0.3) is 5.91 Å². The van der Waals surface area contributed by atoms with Gasteiger partial charge in [0, 0.05) is 29.8 Å². The van der Waals surface area contributed by atoms with E-state index in [9.17, 15) is 4.79 Å². The standard InChI is InChI=1S/C28H28N4O2/c1-20-8-2-5-11-25(20)28-31-30-27(34-28)22-14-12-21(13-15-22)26(33)29-18-23-9-3-4-10-24(23)19-32-16-6-7-17-32/h2-5,8-15H,6-7,16-19H2,1H3,(H,29,33). The van der Waals surface area contributed by atoms with Crippen LogP contribution in [0.15, 0.2) is 77.2 Å². The third kappa shape index (κ3) is 4.92. The molecule has 2 heterocycles. The van der Waals surface area contributed by atoms with E-state index in [1.54, 1.807) is 12.1 Å². The summed E-state index contributed by atoms with van der Waals surface area (Å²) in [5, 5.41) is 11.4. The minimum Gasteiger partial charge on any atom is -0.416 e. The highest BCUT2D eigenvalue weighted by Gasteiger charge is 2.15. The molecule has 0 spiro atoms. The van der Waals surface area contributed by atoms with E-state index >= 15 is 0 Å². The van der Waals surface area contributed by atoms with Crippen molar-refractivity contribution in [1.29, 1.82) is 0 Å². The van der Waals surface area contributed by atoms with Crippen molar-refractivity contribution in [2.75, 3.05) is 13.1 Å². The smallest absolute Gasteiger partial charge is 0.251 e. The maximum Gasteiger partial charge on any atom is 0.251 e. The van der Waals surface area contributed by atoms with Gasteiger partial charge in [0.2, 0.25) is 11.8 Å². The lowest BCUT2D eigenvalue weighted by Crippen LogP contribution is -2.25. The number of likely N-dealkylation sites (tertiary alicyclic amines) is 1. The van der Waals surface area contributed by atoms with E-state index in [-0.39, 0.29) is 5.91 Å². The lowest BCUT2D eigenvalue weighted by atomic mass is 10.1. The molecule has 1 aliphatic rings. The first kappa shape index (κ1) is 22.0. The summed E-state index contributed by atoms with van der Waals surface area (Å²) in [6.45, 7) is 5.76. The van der Waals surface area contributed by atoms with E-state index in [0.29, 0.717) is 23.9 Å². The van der Waals surface area contributed by atoms with Crippen LogP contribution in [0.1, 0.15) is 39.9 Å². The molecule has 1 N–H and O–H groups in total. The summed E-state index contributed by atoms with van der Waals surface area (Å²) < 4.78 is 5.88. The molecule has 0 saturated carbocycles. The van der Waals surface area contributed by atoms with Crippen LogP contribution in [-0.2, 0) is 13.1 Å². The van der Waals surface area contributed by atoms with Crippen LogP contribution in [0, 0.1) is 6.92 Å². The molecular weight excluding hydrogens is 424 g/mol. The Hall–Kier alpha value is -3.77. The van der Waals surface area contributed by atoms with E-state index in [1.807, 2.05) is 49.4 Å². The van der Waals surface area contributed by atoms with Crippen molar-refractivity contribution in [3.05, 3.63) is 95.1 Å². The summed E-state index contributed by atoms with van der Waals surface area (Å²) in [7, 11) is 0. The van der Waals surface area contributed by atoms with Crippen LogP contribution in [0.4, 0.5) is 0 Å². The van der Waals surface area contributed by atoms with Gasteiger partial charge in [-0.2, -0.15) is 0 Å². The van der Waals surface area contributed by atoms with Crippen LogP contribution < -0.4 is 5.32 Å². The predicted octanol–water partition coefficient (Wildman–Crippen LogP) is 5.24. The molecule has 0 aliphatic carbocycles. The van der Waals surface area contributed by atoms with Crippen LogP contribution in [0.25, 0.3) is 22.9 Å². The van der Waals surface area contributed by atoms with E-state index in [1.165, 1.54) is 18.4 Å². The fourth-order valence-electron chi connectivity index (χ4n) is 4.37. The van der Waals surface area contributed by atoms with Gasteiger partial charge in [-0.1, -0.05) is 42.5 Å². The number of benzene rings is 3. The van der Waals surface area contributed by atoms with Crippen molar-refractivity contribution in [3.63, 3.8) is 0 Å². The first-order chi connectivity index (χ1) is 16.7. The van der Waals surface area contributed by atoms with Gasteiger partial charge >= 0.3 is 0 Å². The molecule has 172 valence electrons. The lowest BCUT2D eigenvalue weighted by molar-refractivity contribution is 0.0950. The number of carbonyl (C=O) groups excluding carboxylic acids is 1. The number of nitrogens with zero attached hydrogens (tertiary/aromatic N) is 3. The van der Waals surface area contributed by atoms with E-state index in [2.05, 4.69) is 38.6 Å². The van der Waals surface area contributed by atoms with Crippen LogP contribution >= 0.6 is 0 Å². The molecule has 0 bridgehead atoms. The lowest BCUT2D eigenvalue weighted by Gasteiger charge is -2.17. The van der Waals surface area contributed by atoms with Gasteiger partial charge in [0.1, 0.15) is 0 Å². The zero-order valence-corrected chi connectivity index (χ0v) is 19.3. The highest BCUT2D eigenvalue weighted by Crippen LogP contribution is 2.26. The Morgan fingerprint density at radius 2 is 1.56 bits per heavy atom. The zero-order chi connectivity index (χ0) is 23.3. The molecule has 1 aliphatic heterocycles. The number of aryl methyl sites for hydroxylation is 1. The fourth-order valence-corrected chi connectivity index (χ4v) is 4.37. The molecule has 1 amide bonds. The van der Waals surface area contributed by atoms with Crippen molar-refractivity contribution in [2.45, 2.75) is 32.9 Å². The summed E-state index contributed by atoms with van der Waals surface area (Å²) in [6.07, 6.45) is 2.54. The van der Waals surface area contributed by atoms with Gasteiger partial charge in [0.15, 0.2) is 0 Å². The minimum atomic E-state index is -0.103. The molecule has 0 unspecified atom stereocenters. The van der Waals surface area contributed by atoms with Crippen LogP contribution in [0.5, 0.6) is 0 Å². The van der Waals surface area contributed by atoms with E-state index in [4.69, 9.17) is 4.42 Å². The average Bonchev–Trinajstić information content (AvgIpc) is 3.56. The third-order valence-corrected chi connectivity index (χ3v) is 6.34. The third-order valence-electron chi connectivity index (χ3n) is 6.34. The SMILES string of the molecule is Cc1ccccc1-c1nnc(-c2ccc(C(=O)NCc3ccccc3CN3CCCC3)cc2)o1. The molecule has 3 aromatic carbocycles. The molecule has 0 radical (unpaired) electrons. The van der Waals surface area contributed by atoms with Crippen molar-refractivity contribution < 1.29 is 9.21 Å². The largest absolute Gasteiger partial charge is 0.416 e. The van der Waals surface area contributed by atoms with Gasteiger partial charge in [-0.25, -0.2) is 0 Å². The molecule has 0 atom stereocenters. The maximum absolute atomic E-state index is 12.8. The number of aromatic nitrogens is 2. The Balaban J connectivity index is 1.23. The first-order valence-electron chi connectivity index (χ1n) is 11.7. The Morgan fingerprint density at radius 1 is 0.882 bits per heavy atom. The topological polar surface area (TPSA) is 71.3 Å². The second-order valence-corrected chi connectivity index (χ2v) is 8.74. The molecular formula is C28H28N4O2. The summed E-state index contributed by atoms with van der Waals surface area (Å²) in [6, 6.07) is 23.5. The zero-order valence-electron chi connectivity index (χ0n) is 19.3. The van der Waals surface area contributed by atoms with E-state index in [0.717, 1.165) is 41.9 Å². The normalized spacial score (nSPS) is 13.8. The predicted molar refractivity (Wildman–Crippen MR) is 132 cm³/mol. The molecule has 1 fully saturated rings. The number of hydrogen-bond acceptors (Lipinski definition) is 5. The number of rotatable bonds is 7. The van der Waals surface area contributed by atoms with Crippen molar-refractivity contribution >= 4 is 5.91 Å². The molecule has 5 rings (SSSR count). The summed E-state index contributed by atoms with van der Waals surface area (Å²) >= 11 is 0. The summed E-state index contributed by atoms with van der Waals surface area (Å²) in [5.74, 6) is 0.817. The number of hydrogen-bond donors (Lipinski definition) is 1. The van der Waals surface area contributed by atoms with Gasteiger partial charge in [0.05, 0.1) is 0 Å². The number of nitrogens with one attached hydrogen (secondary N) is 1. The minimum absolute atomic E-state index is 0.103. The van der Waals surface area contributed by atoms with Crippen molar-refractivity contribution in [3.8, 4) is 22.9 Å². The quantitative estimate of drug-likeness (QED) is 0.415. The number of carbonyl (C=O) groups is 1. The highest BCUT2D eigenvalue weighted by molar-refractivity contribution is 5.94. The van der Waals surface area contributed by atoms with Crippen LogP contribution in [0.3, 0.4) is 0 Å². The monoisotopic (exact) mass is 452 g/mol. The van der Waals surface area contributed by atoms with Crippen LogP contribution in [0.2, 0.25) is 0 Å². The van der Waals surface area contributed by atoms with Crippen molar-refractivity contribution in [1.82, 2.24) is 20.4 Å². The maximum atomic E-state index is 12.8. The average molecular weight is 453 g/mol. The van der Waals surface area contributed by atoms with Gasteiger partial charge in [-0.05, 0) is 79.9 Å². The van der Waals surface area contributed by atoms with E-state index < -0.39 is 0 Å². The molecule has 34 heavy (non-hydrogen) atoms. The fraction of sp³-hybridized carbons (Fsp3) is 0.250. The first-order valence-corrected chi connectivity index (χ1v) is 11.7. The van der Waals surface area contributed by atoms with Crippen molar-refractivity contribution in [2.24, 2.45) is 0 Å². The Morgan fingerprint density at radius 3 is 2.32 bits per heavy atom. The Labute approximate surface area is 199 Å². The highest BCUT2D eigenvalue weighted by atomic mass is 16.4. The van der Waals surface area contributed by atoms with Gasteiger partial charge < -0.3 is 9.73 Å². The number of amides is 1. The van der Waals surface area contributed by atoms with Crippen LogP contribution in [-0.4, -0.2) is 34.1 Å². The Bertz CT molecular complexity index is 1270.